The molecule has 0 aliphatic rings. The second kappa shape index (κ2) is 8.76. The molecule has 0 spiro atoms. The first-order valence-electron chi connectivity index (χ1n) is 6.76. The van der Waals surface area contributed by atoms with Gasteiger partial charge in [-0.2, -0.15) is 5.26 Å². The fourth-order valence-electron chi connectivity index (χ4n) is 1.95. The molecule has 0 bridgehead atoms. The van der Waals surface area contributed by atoms with E-state index in [9.17, 15) is 10.1 Å². The lowest BCUT2D eigenvalue weighted by atomic mass is 10.2. The number of ether oxygens (including phenoxy) is 1. The lowest BCUT2D eigenvalue weighted by Gasteiger charge is -2.24. The lowest BCUT2D eigenvalue weighted by molar-refractivity contribution is -0.384. The molecular weight excluding hydrogens is 272 g/mol. The van der Waals surface area contributed by atoms with Crippen LogP contribution >= 0.6 is 0 Å². The molecular formula is C14H20N4O3. The van der Waals surface area contributed by atoms with Crippen LogP contribution in [0.4, 0.5) is 17.1 Å². The van der Waals surface area contributed by atoms with E-state index in [1.807, 2.05) is 17.9 Å². The van der Waals surface area contributed by atoms with Crippen LogP contribution in [-0.4, -0.2) is 38.3 Å². The summed E-state index contributed by atoms with van der Waals surface area (Å²) in [4.78, 5) is 12.5. The summed E-state index contributed by atoms with van der Waals surface area (Å²) in [6.45, 7) is 4.18. The third-order valence-corrected chi connectivity index (χ3v) is 2.92. The maximum absolute atomic E-state index is 11.0. The van der Waals surface area contributed by atoms with Gasteiger partial charge in [-0.1, -0.05) is 0 Å². The average molecular weight is 292 g/mol. The Morgan fingerprint density at radius 1 is 1.43 bits per heavy atom. The Morgan fingerprint density at radius 3 is 2.76 bits per heavy atom. The zero-order valence-electron chi connectivity index (χ0n) is 12.3. The van der Waals surface area contributed by atoms with Gasteiger partial charge in [0.15, 0.2) is 0 Å². The van der Waals surface area contributed by atoms with Gasteiger partial charge in [-0.15, -0.1) is 0 Å². The number of nitro groups is 1. The van der Waals surface area contributed by atoms with Gasteiger partial charge in [0.25, 0.3) is 5.69 Å². The summed E-state index contributed by atoms with van der Waals surface area (Å²) in [5.41, 5.74) is 1.44. The molecule has 0 unspecified atom stereocenters. The number of non-ortho nitro benzene ring substituents is 1. The van der Waals surface area contributed by atoms with E-state index in [2.05, 4.69) is 11.4 Å². The van der Waals surface area contributed by atoms with Gasteiger partial charge in [-0.3, -0.25) is 10.1 Å². The largest absolute Gasteiger partial charge is 0.385 e. The maximum atomic E-state index is 11.0. The van der Waals surface area contributed by atoms with Gasteiger partial charge in [0.1, 0.15) is 0 Å². The van der Waals surface area contributed by atoms with Crippen molar-refractivity contribution in [2.45, 2.75) is 13.3 Å². The molecule has 1 aromatic rings. The highest BCUT2D eigenvalue weighted by molar-refractivity contribution is 5.64. The molecule has 7 heteroatoms. The quantitative estimate of drug-likeness (QED) is 0.555. The number of rotatable bonds is 9. The number of nitrogens with one attached hydrogen (secondary N) is 1. The number of methoxy groups -OCH3 is 1. The van der Waals surface area contributed by atoms with Gasteiger partial charge in [0, 0.05) is 50.3 Å². The van der Waals surface area contributed by atoms with Crippen molar-refractivity contribution in [1.29, 1.82) is 5.26 Å². The van der Waals surface area contributed by atoms with Crippen molar-refractivity contribution in [3.8, 4) is 6.07 Å². The van der Waals surface area contributed by atoms with Crippen molar-refractivity contribution in [2.24, 2.45) is 0 Å². The van der Waals surface area contributed by atoms with E-state index in [1.165, 1.54) is 12.1 Å². The summed E-state index contributed by atoms with van der Waals surface area (Å²) in [6.07, 6.45) is 0.350. The molecule has 0 aromatic heterocycles. The van der Waals surface area contributed by atoms with Crippen LogP contribution in [0, 0.1) is 21.4 Å². The first-order valence-corrected chi connectivity index (χ1v) is 6.76. The number of benzene rings is 1. The number of anilines is 2. The first kappa shape index (κ1) is 16.7. The summed E-state index contributed by atoms with van der Waals surface area (Å²) in [5, 5.41) is 22.9. The highest BCUT2D eigenvalue weighted by Gasteiger charge is 2.14. The Labute approximate surface area is 124 Å². The number of nitro benzene ring substituents is 1. The van der Waals surface area contributed by atoms with Gasteiger partial charge in [0.2, 0.25) is 0 Å². The minimum absolute atomic E-state index is 0.0304. The van der Waals surface area contributed by atoms with Crippen LogP contribution in [0.2, 0.25) is 0 Å². The Hall–Kier alpha value is -2.33. The van der Waals surface area contributed by atoms with E-state index < -0.39 is 4.92 Å². The molecule has 0 aliphatic heterocycles. The van der Waals surface area contributed by atoms with Crippen molar-refractivity contribution in [3.05, 3.63) is 28.3 Å². The molecule has 0 saturated heterocycles. The van der Waals surface area contributed by atoms with Crippen molar-refractivity contribution < 1.29 is 9.66 Å². The summed E-state index contributed by atoms with van der Waals surface area (Å²) in [5.74, 6) is 0. The van der Waals surface area contributed by atoms with E-state index in [-0.39, 0.29) is 5.69 Å². The summed E-state index contributed by atoms with van der Waals surface area (Å²) in [7, 11) is 1.60. The number of nitrogens with zero attached hydrogens (tertiary/aromatic N) is 3. The fourth-order valence-corrected chi connectivity index (χ4v) is 1.95. The molecule has 21 heavy (non-hydrogen) atoms. The van der Waals surface area contributed by atoms with Crippen molar-refractivity contribution in [2.75, 3.05) is 43.6 Å². The van der Waals surface area contributed by atoms with Crippen molar-refractivity contribution in [3.63, 3.8) is 0 Å². The topological polar surface area (TPSA) is 91.4 Å². The summed E-state index contributed by atoms with van der Waals surface area (Å²) >= 11 is 0. The lowest BCUT2D eigenvalue weighted by Crippen LogP contribution is -2.28. The highest BCUT2D eigenvalue weighted by atomic mass is 16.6. The number of hydrogen-bond acceptors (Lipinski definition) is 6. The Morgan fingerprint density at radius 2 is 2.19 bits per heavy atom. The molecule has 114 valence electrons. The minimum atomic E-state index is -0.414. The Bertz CT molecular complexity index is 513. The highest BCUT2D eigenvalue weighted by Crippen LogP contribution is 2.27. The zero-order valence-corrected chi connectivity index (χ0v) is 12.3. The van der Waals surface area contributed by atoms with Crippen molar-refractivity contribution in [1.82, 2.24) is 0 Å². The van der Waals surface area contributed by atoms with Gasteiger partial charge in [-0.25, -0.2) is 0 Å². The third kappa shape index (κ3) is 5.28. The molecule has 1 aromatic carbocycles. The number of nitriles is 1. The van der Waals surface area contributed by atoms with E-state index in [0.717, 1.165) is 0 Å². The van der Waals surface area contributed by atoms with Gasteiger partial charge in [0.05, 0.1) is 24.0 Å². The maximum Gasteiger partial charge on any atom is 0.273 e. The van der Waals surface area contributed by atoms with E-state index >= 15 is 0 Å². The predicted octanol–water partition coefficient (Wildman–Crippen LogP) is 2.39. The third-order valence-electron chi connectivity index (χ3n) is 2.92. The predicted molar refractivity (Wildman–Crippen MR) is 81.6 cm³/mol. The van der Waals surface area contributed by atoms with Crippen LogP contribution in [0.1, 0.15) is 13.3 Å². The van der Waals surface area contributed by atoms with Crippen LogP contribution in [0.3, 0.4) is 0 Å². The molecule has 0 atom stereocenters. The molecule has 7 nitrogen and oxygen atoms in total. The normalized spacial score (nSPS) is 9.95. The smallest absolute Gasteiger partial charge is 0.273 e. The summed E-state index contributed by atoms with van der Waals surface area (Å²) < 4.78 is 5.06. The van der Waals surface area contributed by atoms with E-state index in [0.29, 0.717) is 44.0 Å². The Kier molecular flexibility index (Phi) is 6.98. The van der Waals surface area contributed by atoms with Crippen LogP contribution in [0.15, 0.2) is 18.2 Å². The van der Waals surface area contributed by atoms with Crippen LogP contribution < -0.4 is 10.2 Å². The monoisotopic (exact) mass is 292 g/mol. The van der Waals surface area contributed by atoms with Crippen molar-refractivity contribution >= 4 is 17.1 Å². The Balaban J connectivity index is 3.08. The standard InChI is InChI=1S/C14H20N4O3/c1-3-16-12-9-13(11-14(10-12)18(19)20)17(6-4-5-15)7-8-21-2/h9-11,16H,3-4,6-8H2,1-2H3. The second-order valence-corrected chi connectivity index (χ2v) is 4.41. The van der Waals surface area contributed by atoms with Gasteiger partial charge >= 0.3 is 0 Å². The minimum Gasteiger partial charge on any atom is -0.385 e. The van der Waals surface area contributed by atoms with Gasteiger partial charge < -0.3 is 15.0 Å². The molecule has 0 heterocycles. The summed E-state index contributed by atoms with van der Waals surface area (Å²) in [6, 6.07) is 6.97. The molecule has 0 fully saturated rings. The molecule has 0 radical (unpaired) electrons. The second-order valence-electron chi connectivity index (χ2n) is 4.41. The SMILES string of the molecule is CCNc1cc(N(CCC#N)CCOC)cc([N+](=O)[O-])c1. The van der Waals surface area contributed by atoms with E-state index in [4.69, 9.17) is 10.00 Å². The van der Waals surface area contributed by atoms with Crippen LogP contribution in [-0.2, 0) is 4.74 Å². The van der Waals surface area contributed by atoms with Crippen LogP contribution in [0.5, 0.6) is 0 Å². The molecule has 0 saturated carbocycles. The van der Waals surface area contributed by atoms with Crippen LogP contribution in [0.25, 0.3) is 0 Å². The molecule has 0 amide bonds. The first-order chi connectivity index (χ1) is 10.1. The molecule has 1 rings (SSSR count). The zero-order chi connectivity index (χ0) is 15.7. The number of hydrogen-bond donors (Lipinski definition) is 1. The van der Waals surface area contributed by atoms with E-state index in [1.54, 1.807) is 7.11 Å². The molecule has 1 N–H and O–H groups in total. The fraction of sp³-hybridized carbons (Fsp3) is 0.500. The average Bonchev–Trinajstić information content (AvgIpc) is 2.47. The van der Waals surface area contributed by atoms with Gasteiger partial charge in [-0.05, 0) is 13.0 Å². The molecule has 0 aliphatic carbocycles.